The van der Waals surface area contributed by atoms with Crippen LogP contribution in [0.3, 0.4) is 0 Å². The maximum Gasteiger partial charge on any atom is 0.347 e. The molecule has 0 fully saturated rings. The Labute approximate surface area is 159 Å². The fourth-order valence-electron chi connectivity index (χ4n) is 3.35. The Morgan fingerprint density at radius 1 is 1.36 bits per heavy atom. The smallest absolute Gasteiger partial charge is 0.347 e. The summed E-state index contributed by atoms with van der Waals surface area (Å²) in [6, 6.07) is 6.04. The van der Waals surface area contributed by atoms with E-state index in [1.807, 2.05) is 0 Å². The van der Waals surface area contributed by atoms with Crippen LogP contribution in [0, 0.1) is 5.82 Å². The second kappa shape index (κ2) is 6.95. The van der Waals surface area contributed by atoms with Crippen molar-refractivity contribution in [3.8, 4) is 11.5 Å². The minimum atomic E-state index is -0.888. The molecule has 3 heterocycles. The summed E-state index contributed by atoms with van der Waals surface area (Å²) in [5.41, 5.74) is 0.890. The summed E-state index contributed by atoms with van der Waals surface area (Å²) in [4.78, 5) is 29.2. The average molecular weight is 384 g/mol. The van der Waals surface area contributed by atoms with Crippen molar-refractivity contribution in [3.63, 3.8) is 0 Å². The molecule has 28 heavy (non-hydrogen) atoms. The predicted octanol–water partition coefficient (Wildman–Crippen LogP) is 2.40. The molecule has 2 aromatic heterocycles. The lowest BCUT2D eigenvalue weighted by Crippen LogP contribution is -2.32. The van der Waals surface area contributed by atoms with Gasteiger partial charge in [-0.15, -0.1) is 0 Å². The number of nitrogens with zero attached hydrogens (tertiary/aromatic N) is 2. The lowest BCUT2D eigenvalue weighted by atomic mass is 10.0. The first-order valence-corrected chi connectivity index (χ1v) is 8.83. The molecule has 1 N–H and O–H groups in total. The molecule has 0 radical (unpaired) electrons. The van der Waals surface area contributed by atoms with Gasteiger partial charge in [-0.3, -0.25) is 14.3 Å². The Balaban J connectivity index is 1.91. The normalized spacial score (nSPS) is 12.6. The van der Waals surface area contributed by atoms with Crippen molar-refractivity contribution >= 4 is 17.0 Å². The molecule has 8 heteroatoms. The Kier molecular flexibility index (Phi) is 4.46. The number of rotatable bonds is 4. The Morgan fingerprint density at radius 2 is 2.11 bits per heavy atom. The molecule has 0 amide bonds. The number of hydrogen-bond donors (Lipinski definition) is 1. The first-order chi connectivity index (χ1) is 13.5. The maximum atomic E-state index is 13.1. The van der Waals surface area contributed by atoms with E-state index in [-0.39, 0.29) is 31.1 Å². The molecule has 1 aromatic carbocycles. The zero-order chi connectivity index (χ0) is 19.8. The second-order valence-corrected chi connectivity index (χ2v) is 6.36. The number of ether oxygens (including phenoxy) is 2. The van der Waals surface area contributed by atoms with Crippen LogP contribution in [0.2, 0.25) is 0 Å². The minimum Gasteiger partial charge on any atom is -0.505 e. The lowest BCUT2D eigenvalue weighted by molar-refractivity contribution is 0.0520. The Bertz CT molecular complexity index is 1140. The Hall–Kier alpha value is -3.42. The summed E-state index contributed by atoms with van der Waals surface area (Å²) in [7, 11) is 0. The first kappa shape index (κ1) is 18.0. The third-order valence-electron chi connectivity index (χ3n) is 4.62. The molecule has 144 valence electrons. The summed E-state index contributed by atoms with van der Waals surface area (Å²) >= 11 is 0. The molecule has 0 bridgehead atoms. The van der Waals surface area contributed by atoms with Gasteiger partial charge in [-0.25, -0.2) is 9.18 Å². The van der Waals surface area contributed by atoms with Crippen molar-refractivity contribution in [2.24, 2.45) is 0 Å². The van der Waals surface area contributed by atoms with Gasteiger partial charge in [0.25, 0.3) is 5.56 Å². The molecule has 0 unspecified atom stereocenters. The SMILES string of the molecule is CCOC(=O)c1c(O)c2ncc(Cc3ccc(F)cc3)c3c2n(c1=O)CCO3. The molecule has 3 aromatic rings. The number of aromatic hydroxyl groups is 1. The highest BCUT2D eigenvalue weighted by Gasteiger charge is 2.28. The van der Waals surface area contributed by atoms with Gasteiger partial charge in [-0.2, -0.15) is 0 Å². The van der Waals surface area contributed by atoms with Gasteiger partial charge in [0.05, 0.1) is 13.2 Å². The van der Waals surface area contributed by atoms with E-state index in [2.05, 4.69) is 4.98 Å². The van der Waals surface area contributed by atoms with Crippen molar-refractivity contribution in [2.45, 2.75) is 19.9 Å². The van der Waals surface area contributed by atoms with E-state index in [0.717, 1.165) is 5.56 Å². The maximum absolute atomic E-state index is 13.1. The summed E-state index contributed by atoms with van der Waals surface area (Å²) in [5, 5.41) is 10.5. The van der Waals surface area contributed by atoms with Crippen molar-refractivity contribution < 1.29 is 23.8 Å². The second-order valence-electron chi connectivity index (χ2n) is 6.36. The first-order valence-electron chi connectivity index (χ1n) is 8.83. The van der Waals surface area contributed by atoms with E-state index < -0.39 is 22.8 Å². The van der Waals surface area contributed by atoms with E-state index in [4.69, 9.17) is 9.47 Å². The minimum absolute atomic E-state index is 0.0775. The molecule has 1 aliphatic heterocycles. The summed E-state index contributed by atoms with van der Waals surface area (Å²) in [6.07, 6.45) is 1.93. The molecule has 0 saturated heterocycles. The highest BCUT2D eigenvalue weighted by atomic mass is 19.1. The number of carbonyl (C=O) groups is 1. The van der Waals surface area contributed by atoms with E-state index in [1.54, 1.807) is 19.1 Å². The topological polar surface area (TPSA) is 90.6 Å². The summed E-state index contributed by atoms with van der Waals surface area (Å²) in [6.45, 7) is 2.14. The third kappa shape index (κ3) is 2.87. The van der Waals surface area contributed by atoms with Gasteiger partial charge >= 0.3 is 5.97 Å². The van der Waals surface area contributed by atoms with Crippen LogP contribution in [-0.4, -0.2) is 33.8 Å². The average Bonchev–Trinajstić information content (AvgIpc) is 2.69. The summed E-state index contributed by atoms with van der Waals surface area (Å²) < 4.78 is 25.2. The molecule has 0 spiro atoms. The van der Waals surface area contributed by atoms with Crippen LogP contribution >= 0.6 is 0 Å². The molecule has 0 atom stereocenters. The zero-order valence-corrected chi connectivity index (χ0v) is 15.1. The monoisotopic (exact) mass is 384 g/mol. The number of esters is 1. The summed E-state index contributed by atoms with van der Waals surface area (Å²) in [5.74, 6) is -1.32. The third-order valence-corrected chi connectivity index (χ3v) is 4.62. The van der Waals surface area contributed by atoms with Crippen LogP contribution in [0.25, 0.3) is 11.0 Å². The predicted molar refractivity (Wildman–Crippen MR) is 98.3 cm³/mol. The van der Waals surface area contributed by atoms with Crippen LogP contribution in [0.15, 0.2) is 35.3 Å². The van der Waals surface area contributed by atoms with Gasteiger partial charge in [-0.1, -0.05) is 12.1 Å². The fraction of sp³-hybridized carbons (Fsp3) is 0.250. The molecule has 0 saturated carbocycles. The van der Waals surface area contributed by atoms with Crippen LogP contribution in [0.5, 0.6) is 11.5 Å². The zero-order valence-electron chi connectivity index (χ0n) is 15.1. The number of halogens is 1. The van der Waals surface area contributed by atoms with Gasteiger partial charge in [0.2, 0.25) is 0 Å². The fourth-order valence-corrected chi connectivity index (χ4v) is 3.35. The van der Waals surface area contributed by atoms with E-state index >= 15 is 0 Å². The van der Waals surface area contributed by atoms with E-state index in [0.29, 0.717) is 23.3 Å². The molecular formula is C20H17FN2O5. The van der Waals surface area contributed by atoms with Gasteiger partial charge in [-0.05, 0) is 24.6 Å². The van der Waals surface area contributed by atoms with Gasteiger partial charge < -0.3 is 14.6 Å². The van der Waals surface area contributed by atoms with Crippen LogP contribution in [0.4, 0.5) is 4.39 Å². The largest absolute Gasteiger partial charge is 0.505 e. The van der Waals surface area contributed by atoms with Gasteiger partial charge in [0.15, 0.2) is 17.1 Å². The number of hydrogen-bond acceptors (Lipinski definition) is 6. The number of aromatic nitrogens is 2. The molecule has 4 rings (SSSR count). The van der Waals surface area contributed by atoms with Crippen molar-refractivity contribution in [1.29, 1.82) is 0 Å². The molecule has 0 aliphatic carbocycles. The van der Waals surface area contributed by atoms with Gasteiger partial charge in [0.1, 0.15) is 23.5 Å². The molecule has 7 nitrogen and oxygen atoms in total. The molecule has 1 aliphatic rings. The van der Waals surface area contributed by atoms with Gasteiger partial charge in [0, 0.05) is 18.2 Å². The van der Waals surface area contributed by atoms with Crippen LogP contribution in [0.1, 0.15) is 28.4 Å². The number of carbonyl (C=O) groups excluding carboxylic acids is 1. The standard InChI is InChI=1S/C20H17FN2O5/c1-2-27-20(26)14-17(24)15-16-18(28-8-7-23(16)19(14)25)12(10-22-15)9-11-3-5-13(21)6-4-11/h3-6,10,24H,2,7-9H2,1H3. The number of benzene rings is 1. The number of pyridine rings is 2. The highest BCUT2D eigenvalue weighted by Crippen LogP contribution is 2.36. The quantitative estimate of drug-likeness (QED) is 0.695. The van der Waals surface area contributed by atoms with E-state index in [9.17, 15) is 19.1 Å². The lowest BCUT2D eigenvalue weighted by Gasteiger charge is -2.23. The van der Waals surface area contributed by atoms with Crippen molar-refractivity contribution in [1.82, 2.24) is 9.55 Å². The highest BCUT2D eigenvalue weighted by molar-refractivity contribution is 5.99. The van der Waals surface area contributed by atoms with Crippen molar-refractivity contribution in [3.05, 3.63) is 63.3 Å². The van der Waals surface area contributed by atoms with Crippen molar-refractivity contribution in [2.75, 3.05) is 13.2 Å². The molecular weight excluding hydrogens is 367 g/mol. The Morgan fingerprint density at radius 3 is 2.82 bits per heavy atom. The van der Waals surface area contributed by atoms with Crippen LogP contribution < -0.4 is 10.3 Å². The van der Waals surface area contributed by atoms with Crippen LogP contribution in [-0.2, 0) is 17.7 Å². The van der Waals surface area contributed by atoms with E-state index in [1.165, 1.54) is 22.9 Å².